The number of thiocarbonyl (C=S) groups is 1. The van der Waals surface area contributed by atoms with Crippen molar-refractivity contribution in [2.75, 3.05) is 12.4 Å². The van der Waals surface area contributed by atoms with Crippen LogP contribution in [0.1, 0.15) is 98.4 Å². The summed E-state index contributed by atoms with van der Waals surface area (Å²) in [6.07, 6.45) is 16.4. The molecule has 6 heteroatoms. The van der Waals surface area contributed by atoms with Gasteiger partial charge in [0.05, 0.1) is 12.7 Å². The van der Waals surface area contributed by atoms with E-state index in [0.29, 0.717) is 16.6 Å². The molecule has 4 nitrogen and oxygen atoms in total. The highest BCUT2D eigenvalue weighted by Crippen LogP contribution is 2.61. The maximum absolute atomic E-state index is 12.7. The predicted octanol–water partition coefficient (Wildman–Crippen LogP) is 6.48. The van der Waals surface area contributed by atoms with E-state index in [4.69, 9.17) is 17.0 Å². The van der Waals surface area contributed by atoms with Gasteiger partial charge < -0.3 is 15.4 Å². The van der Waals surface area contributed by atoms with Crippen molar-refractivity contribution in [3.8, 4) is 0 Å². The second-order valence-corrected chi connectivity index (χ2v) is 12.5. The Hall–Kier alpha value is -1.14. The zero-order chi connectivity index (χ0) is 22.3. The van der Waals surface area contributed by atoms with Gasteiger partial charge in [-0.05, 0) is 112 Å². The van der Waals surface area contributed by atoms with Crippen LogP contribution in [0.3, 0.4) is 0 Å². The van der Waals surface area contributed by atoms with Crippen molar-refractivity contribution in [3.05, 3.63) is 16.0 Å². The summed E-state index contributed by atoms with van der Waals surface area (Å²) in [7, 11) is 1.48. The number of rotatable bonds is 5. The first-order chi connectivity index (χ1) is 15.5. The molecule has 0 spiro atoms. The fourth-order valence-electron chi connectivity index (χ4n) is 7.92. The molecule has 0 aromatic carbocycles. The normalized spacial score (nSPS) is 31.9. The van der Waals surface area contributed by atoms with Crippen molar-refractivity contribution in [2.24, 2.45) is 23.2 Å². The van der Waals surface area contributed by atoms with Crippen LogP contribution in [0.25, 0.3) is 0 Å². The monoisotopic (exact) mass is 474 g/mol. The highest BCUT2D eigenvalue weighted by atomic mass is 32.1. The summed E-state index contributed by atoms with van der Waals surface area (Å²) in [5.41, 5.74) is 2.33. The van der Waals surface area contributed by atoms with Gasteiger partial charge in [-0.15, -0.1) is 11.3 Å². The summed E-state index contributed by atoms with van der Waals surface area (Å²) in [4.78, 5) is 14.1. The molecule has 0 amide bonds. The third kappa shape index (κ3) is 4.22. The molecule has 4 bridgehead atoms. The highest BCUT2D eigenvalue weighted by Gasteiger charge is 2.53. The Morgan fingerprint density at radius 1 is 1.09 bits per heavy atom. The van der Waals surface area contributed by atoms with Crippen LogP contribution in [0.4, 0.5) is 5.00 Å². The van der Waals surface area contributed by atoms with E-state index in [1.165, 1.54) is 75.3 Å². The number of ether oxygens (including phenoxy) is 1. The highest BCUT2D eigenvalue weighted by molar-refractivity contribution is 7.80. The molecule has 5 aliphatic rings. The molecular weight excluding hydrogens is 436 g/mol. The van der Waals surface area contributed by atoms with E-state index in [9.17, 15) is 4.79 Å². The Bertz CT molecular complexity index is 842. The molecule has 0 aliphatic heterocycles. The van der Waals surface area contributed by atoms with Gasteiger partial charge in [-0.25, -0.2) is 4.79 Å². The van der Waals surface area contributed by atoms with Crippen molar-refractivity contribution >= 4 is 39.6 Å². The molecule has 0 saturated heterocycles. The van der Waals surface area contributed by atoms with Crippen molar-refractivity contribution in [1.29, 1.82) is 0 Å². The van der Waals surface area contributed by atoms with E-state index in [1.54, 1.807) is 11.3 Å². The van der Waals surface area contributed by atoms with Gasteiger partial charge in [0.1, 0.15) is 5.00 Å². The number of aryl methyl sites for hydroxylation is 1. The first kappa shape index (κ1) is 22.6. The summed E-state index contributed by atoms with van der Waals surface area (Å²) in [5.74, 6) is 2.56. The van der Waals surface area contributed by atoms with Crippen LogP contribution in [0.15, 0.2) is 0 Å². The van der Waals surface area contributed by atoms with Crippen molar-refractivity contribution in [3.63, 3.8) is 0 Å². The van der Waals surface area contributed by atoms with Gasteiger partial charge in [-0.1, -0.05) is 19.8 Å². The molecule has 4 saturated carbocycles. The van der Waals surface area contributed by atoms with Crippen LogP contribution in [0, 0.1) is 23.2 Å². The minimum Gasteiger partial charge on any atom is -0.465 e. The molecule has 0 radical (unpaired) electrons. The van der Waals surface area contributed by atoms with Gasteiger partial charge in [0.2, 0.25) is 0 Å². The minimum absolute atomic E-state index is 0.235. The standard InChI is InChI=1S/C26H38N2O2S2/c1-3-21(26-13-16-10-17(14-26)12-18(11-16)15-26)27-25(31)28-23-22(24(29)30-2)19-8-6-4-5-7-9-20(19)32-23/h16-18,21H,3-15H2,1-2H3,(H2,27,28,31). The second kappa shape index (κ2) is 9.25. The third-order valence-corrected chi connectivity index (χ3v) is 10.3. The van der Waals surface area contributed by atoms with E-state index in [2.05, 4.69) is 17.6 Å². The van der Waals surface area contributed by atoms with Gasteiger partial charge in [0, 0.05) is 10.9 Å². The third-order valence-electron chi connectivity index (χ3n) is 8.83. The molecule has 6 rings (SSSR count). The average molecular weight is 475 g/mol. The molecule has 5 aliphatic carbocycles. The number of methoxy groups -OCH3 is 1. The van der Waals surface area contributed by atoms with E-state index in [-0.39, 0.29) is 5.97 Å². The second-order valence-electron chi connectivity index (χ2n) is 11.0. The molecule has 1 atom stereocenters. The summed E-state index contributed by atoms with van der Waals surface area (Å²) >= 11 is 7.55. The van der Waals surface area contributed by atoms with E-state index >= 15 is 0 Å². The predicted molar refractivity (Wildman–Crippen MR) is 136 cm³/mol. The molecule has 1 unspecified atom stereocenters. The number of hydrogen-bond donors (Lipinski definition) is 2. The Morgan fingerprint density at radius 3 is 2.31 bits per heavy atom. The Kier molecular flexibility index (Phi) is 6.54. The van der Waals surface area contributed by atoms with E-state index in [1.807, 2.05) is 0 Å². The molecule has 32 heavy (non-hydrogen) atoms. The summed E-state index contributed by atoms with van der Waals surface area (Å²) in [6, 6.07) is 0.415. The number of thiophene rings is 1. The lowest BCUT2D eigenvalue weighted by Crippen LogP contribution is -2.57. The van der Waals surface area contributed by atoms with Crippen LogP contribution in [-0.2, 0) is 17.6 Å². The fourth-order valence-corrected chi connectivity index (χ4v) is 9.51. The molecule has 1 aromatic rings. The number of nitrogens with one attached hydrogen (secondary N) is 2. The van der Waals surface area contributed by atoms with Gasteiger partial charge in [0.25, 0.3) is 0 Å². The zero-order valence-electron chi connectivity index (χ0n) is 19.6. The summed E-state index contributed by atoms with van der Waals surface area (Å²) in [5, 5.41) is 8.74. The molecule has 176 valence electrons. The number of hydrogen-bond acceptors (Lipinski definition) is 4. The summed E-state index contributed by atoms with van der Waals surface area (Å²) in [6.45, 7) is 2.30. The molecular formula is C26H38N2O2S2. The van der Waals surface area contributed by atoms with Crippen LogP contribution in [0.5, 0.6) is 0 Å². The molecule has 2 N–H and O–H groups in total. The first-order valence-electron chi connectivity index (χ1n) is 12.8. The quantitative estimate of drug-likeness (QED) is 0.378. The van der Waals surface area contributed by atoms with Crippen molar-refractivity contribution in [1.82, 2.24) is 5.32 Å². The molecule has 4 fully saturated rings. The van der Waals surface area contributed by atoms with E-state index < -0.39 is 0 Å². The van der Waals surface area contributed by atoms with Gasteiger partial charge in [-0.2, -0.15) is 0 Å². The zero-order valence-corrected chi connectivity index (χ0v) is 21.3. The topological polar surface area (TPSA) is 50.4 Å². The average Bonchev–Trinajstić information content (AvgIpc) is 3.06. The fraction of sp³-hybridized carbons (Fsp3) is 0.769. The van der Waals surface area contributed by atoms with Crippen LogP contribution in [-0.4, -0.2) is 24.2 Å². The Balaban J connectivity index is 1.34. The Labute approximate surface area is 202 Å². The molecule has 1 aromatic heterocycles. The Morgan fingerprint density at radius 2 is 1.72 bits per heavy atom. The number of fused-ring (bicyclic) bond motifs is 1. The minimum atomic E-state index is -0.235. The summed E-state index contributed by atoms with van der Waals surface area (Å²) < 4.78 is 5.19. The van der Waals surface area contributed by atoms with Crippen molar-refractivity contribution < 1.29 is 9.53 Å². The van der Waals surface area contributed by atoms with Crippen molar-refractivity contribution in [2.45, 2.75) is 96.4 Å². The maximum Gasteiger partial charge on any atom is 0.341 e. The lowest BCUT2D eigenvalue weighted by molar-refractivity contribution is -0.0710. The smallest absolute Gasteiger partial charge is 0.341 e. The van der Waals surface area contributed by atoms with Crippen LogP contribution in [0.2, 0.25) is 0 Å². The number of anilines is 1. The van der Waals surface area contributed by atoms with Gasteiger partial charge in [0.15, 0.2) is 5.11 Å². The lowest BCUT2D eigenvalue weighted by Gasteiger charge is -2.59. The van der Waals surface area contributed by atoms with Gasteiger partial charge in [-0.3, -0.25) is 0 Å². The number of carbonyl (C=O) groups excluding carboxylic acids is 1. The SMILES string of the molecule is CCC(NC(=S)Nc1sc2c(c1C(=O)OC)CCCCCC2)C12CC3CC(CC(C3)C1)C2. The number of carbonyl (C=O) groups is 1. The first-order valence-corrected chi connectivity index (χ1v) is 14.0. The van der Waals surface area contributed by atoms with Crippen LogP contribution < -0.4 is 10.6 Å². The molecule has 1 heterocycles. The van der Waals surface area contributed by atoms with E-state index in [0.717, 1.165) is 54.0 Å². The largest absolute Gasteiger partial charge is 0.465 e. The maximum atomic E-state index is 12.7. The lowest BCUT2D eigenvalue weighted by atomic mass is 9.47. The number of esters is 1. The van der Waals surface area contributed by atoms with Gasteiger partial charge >= 0.3 is 5.97 Å². The van der Waals surface area contributed by atoms with Crippen LogP contribution >= 0.6 is 23.6 Å².